The van der Waals surface area contributed by atoms with E-state index in [4.69, 9.17) is 0 Å². The van der Waals surface area contributed by atoms with Crippen molar-refractivity contribution < 1.29 is 9.59 Å². The summed E-state index contributed by atoms with van der Waals surface area (Å²) in [5.41, 5.74) is 0. The summed E-state index contributed by atoms with van der Waals surface area (Å²) in [6, 6.07) is 0. The topological polar surface area (TPSA) is 43.9 Å². The molecule has 2 heterocycles. The minimum absolute atomic E-state index is 0.285. The molecule has 19 heavy (non-hydrogen) atoms. The lowest BCUT2D eigenvalue weighted by molar-refractivity contribution is -0.152. The number of hydrogen-bond donors (Lipinski definition) is 0. The van der Waals surface area contributed by atoms with Crippen LogP contribution in [-0.2, 0) is 9.59 Å². The van der Waals surface area contributed by atoms with E-state index in [9.17, 15) is 9.59 Å². The predicted molar refractivity (Wildman–Crippen MR) is 73.7 cm³/mol. The summed E-state index contributed by atoms with van der Waals surface area (Å²) < 4.78 is 0. The van der Waals surface area contributed by atoms with Crippen LogP contribution < -0.4 is 0 Å². The van der Waals surface area contributed by atoms with Gasteiger partial charge in [-0.3, -0.25) is 9.59 Å². The van der Waals surface area contributed by atoms with Gasteiger partial charge in [-0.15, -0.1) is 0 Å². The maximum atomic E-state index is 12.2. The molecule has 0 radical (unpaired) electrons. The Morgan fingerprint density at radius 3 is 1.68 bits per heavy atom. The van der Waals surface area contributed by atoms with Crippen LogP contribution in [0.15, 0.2) is 0 Å². The fourth-order valence-corrected chi connectivity index (χ4v) is 2.81. The summed E-state index contributed by atoms with van der Waals surface area (Å²) in [7, 11) is 0. The number of likely N-dealkylation sites (tertiary alicyclic amines) is 1. The molecule has 108 valence electrons. The van der Waals surface area contributed by atoms with Gasteiger partial charge < -0.3 is 14.7 Å². The Hall–Kier alpha value is -1.10. The van der Waals surface area contributed by atoms with E-state index in [0.29, 0.717) is 13.1 Å². The first-order valence-corrected chi connectivity index (χ1v) is 7.53. The van der Waals surface area contributed by atoms with Crippen LogP contribution in [0, 0.1) is 0 Å². The van der Waals surface area contributed by atoms with Crippen LogP contribution in [0.5, 0.6) is 0 Å². The molecule has 0 unspecified atom stereocenters. The smallest absolute Gasteiger partial charge is 0.312 e. The van der Waals surface area contributed by atoms with Gasteiger partial charge in [0.1, 0.15) is 0 Å². The average molecular weight is 267 g/mol. The molecule has 5 heteroatoms. The Labute approximate surface area is 115 Å². The molecule has 2 aliphatic heterocycles. The van der Waals surface area contributed by atoms with Gasteiger partial charge in [0.15, 0.2) is 0 Å². The first-order valence-electron chi connectivity index (χ1n) is 7.53. The molecular weight excluding hydrogens is 242 g/mol. The number of nitrogens with zero attached hydrogens (tertiary/aromatic N) is 3. The highest BCUT2D eigenvalue weighted by molar-refractivity contribution is 6.34. The van der Waals surface area contributed by atoms with Crippen molar-refractivity contribution in [3.8, 4) is 0 Å². The molecule has 0 saturated carbocycles. The molecule has 2 rings (SSSR count). The van der Waals surface area contributed by atoms with Gasteiger partial charge in [0, 0.05) is 39.3 Å². The number of hydrogen-bond acceptors (Lipinski definition) is 3. The molecule has 0 N–H and O–H groups in total. The highest BCUT2D eigenvalue weighted by Crippen LogP contribution is 2.11. The molecule has 2 amide bonds. The number of carbonyl (C=O) groups is 2. The molecule has 2 saturated heterocycles. The first kappa shape index (κ1) is 14.3. The first-order chi connectivity index (χ1) is 9.22. The average Bonchev–Trinajstić information content (AvgIpc) is 2.75. The quantitative estimate of drug-likeness (QED) is 0.652. The zero-order valence-corrected chi connectivity index (χ0v) is 11.9. The Kier molecular flexibility index (Phi) is 5.19. The largest absolute Gasteiger partial charge is 0.334 e. The van der Waals surface area contributed by atoms with E-state index in [-0.39, 0.29) is 11.8 Å². The predicted octanol–water partition coefficient (Wildman–Crippen LogP) is 0.553. The summed E-state index contributed by atoms with van der Waals surface area (Å²) in [5, 5.41) is 0. The van der Waals surface area contributed by atoms with Crippen molar-refractivity contribution in [2.24, 2.45) is 0 Å². The van der Waals surface area contributed by atoms with Crippen molar-refractivity contribution in [3.05, 3.63) is 0 Å². The molecule has 0 aromatic heterocycles. The molecule has 0 aliphatic carbocycles. The molecule has 0 aromatic carbocycles. The van der Waals surface area contributed by atoms with Crippen LogP contribution in [0.2, 0.25) is 0 Å². The molecular formula is C14H25N3O2. The van der Waals surface area contributed by atoms with Gasteiger partial charge in [-0.1, -0.05) is 19.8 Å². The van der Waals surface area contributed by atoms with Crippen LogP contribution in [0.4, 0.5) is 0 Å². The lowest BCUT2D eigenvalue weighted by Crippen LogP contribution is -2.53. The van der Waals surface area contributed by atoms with E-state index >= 15 is 0 Å². The van der Waals surface area contributed by atoms with Crippen LogP contribution in [0.25, 0.3) is 0 Å². The van der Waals surface area contributed by atoms with Crippen molar-refractivity contribution in [2.75, 3.05) is 45.8 Å². The van der Waals surface area contributed by atoms with Gasteiger partial charge in [0.25, 0.3) is 0 Å². The molecule has 2 fully saturated rings. The zero-order chi connectivity index (χ0) is 13.7. The van der Waals surface area contributed by atoms with Crippen LogP contribution >= 0.6 is 0 Å². The SMILES string of the molecule is CCN1CCN(C(=O)C(=O)N2CCCCCC2)CC1. The van der Waals surface area contributed by atoms with E-state index in [2.05, 4.69) is 11.8 Å². The van der Waals surface area contributed by atoms with Crippen molar-refractivity contribution in [1.82, 2.24) is 14.7 Å². The second kappa shape index (κ2) is 6.89. The van der Waals surface area contributed by atoms with E-state index in [1.165, 1.54) is 12.8 Å². The van der Waals surface area contributed by atoms with Gasteiger partial charge in [-0.2, -0.15) is 0 Å². The number of piperazine rings is 1. The molecule has 0 aromatic rings. The van der Waals surface area contributed by atoms with E-state index in [1.807, 2.05) is 0 Å². The van der Waals surface area contributed by atoms with Crippen LogP contribution in [-0.4, -0.2) is 72.3 Å². The fourth-order valence-electron chi connectivity index (χ4n) is 2.81. The number of amides is 2. The maximum absolute atomic E-state index is 12.2. The van der Waals surface area contributed by atoms with Crippen LogP contribution in [0.3, 0.4) is 0 Å². The van der Waals surface area contributed by atoms with Gasteiger partial charge in [-0.25, -0.2) is 0 Å². The molecule has 0 spiro atoms. The minimum atomic E-state index is -0.294. The second-order valence-corrected chi connectivity index (χ2v) is 5.43. The molecule has 2 aliphatic rings. The van der Waals surface area contributed by atoms with E-state index in [1.54, 1.807) is 9.80 Å². The fraction of sp³-hybridized carbons (Fsp3) is 0.857. The zero-order valence-electron chi connectivity index (χ0n) is 11.9. The standard InChI is InChI=1S/C14H25N3O2/c1-2-15-9-11-17(12-10-15)14(19)13(18)16-7-5-3-4-6-8-16/h2-12H2,1H3. The second-order valence-electron chi connectivity index (χ2n) is 5.43. The van der Waals surface area contributed by atoms with E-state index < -0.39 is 0 Å². The Bertz CT molecular complexity index is 317. The van der Waals surface area contributed by atoms with Gasteiger partial charge in [-0.05, 0) is 19.4 Å². The highest BCUT2D eigenvalue weighted by atomic mass is 16.2. The van der Waals surface area contributed by atoms with Gasteiger partial charge >= 0.3 is 11.8 Å². The van der Waals surface area contributed by atoms with Crippen molar-refractivity contribution >= 4 is 11.8 Å². The maximum Gasteiger partial charge on any atom is 0.312 e. The summed E-state index contributed by atoms with van der Waals surface area (Å²) in [5.74, 6) is -0.579. The minimum Gasteiger partial charge on any atom is -0.334 e. The third-order valence-corrected chi connectivity index (χ3v) is 4.18. The highest BCUT2D eigenvalue weighted by Gasteiger charge is 2.29. The van der Waals surface area contributed by atoms with Crippen molar-refractivity contribution in [2.45, 2.75) is 32.6 Å². The summed E-state index contributed by atoms with van der Waals surface area (Å²) in [6.07, 6.45) is 4.41. The Morgan fingerprint density at radius 2 is 1.21 bits per heavy atom. The lowest BCUT2D eigenvalue weighted by atomic mass is 10.2. The van der Waals surface area contributed by atoms with Gasteiger partial charge in [0.2, 0.25) is 0 Å². The lowest BCUT2D eigenvalue weighted by Gasteiger charge is -2.34. The van der Waals surface area contributed by atoms with E-state index in [0.717, 1.165) is 45.6 Å². The number of rotatable bonds is 1. The molecule has 0 bridgehead atoms. The number of likely N-dealkylation sites (N-methyl/N-ethyl adjacent to an activating group) is 1. The summed E-state index contributed by atoms with van der Waals surface area (Å²) >= 11 is 0. The number of carbonyl (C=O) groups excluding carboxylic acids is 2. The molecule has 0 atom stereocenters. The normalized spacial score (nSPS) is 22.2. The Morgan fingerprint density at radius 1 is 0.737 bits per heavy atom. The van der Waals surface area contributed by atoms with Crippen LogP contribution in [0.1, 0.15) is 32.6 Å². The summed E-state index contributed by atoms with van der Waals surface area (Å²) in [4.78, 5) is 30.2. The molecule has 5 nitrogen and oxygen atoms in total. The Balaban J connectivity index is 1.86. The van der Waals surface area contributed by atoms with Crippen molar-refractivity contribution in [1.29, 1.82) is 0 Å². The van der Waals surface area contributed by atoms with Gasteiger partial charge in [0.05, 0.1) is 0 Å². The van der Waals surface area contributed by atoms with Crippen molar-refractivity contribution in [3.63, 3.8) is 0 Å². The third-order valence-electron chi connectivity index (χ3n) is 4.18. The monoisotopic (exact) mass is 267 g/mol. The third kappa shape index (κ3) is 3.69. The summed E-state index contributed by atoms with van der Waals surface area (Å²) in [6.45, 7) is 7.78.